The van der Waals surface area contributed by atoms with Crippen LogP contribution in [-0.4, -0.2) is 75.6 Å². The van der Waals surface area contributed by atoms with Crippen molar-refractivity contribution in [2.45, 2.75) is 116 Å². The van der Waals surface area contributed by atoms with E-state index < -0.39 is 19.9 Å². The van der Waals surface area contributed by atoms with Gasteiger partial charge in [0.15, 0.2) is 0 Å². The van der Waals surface area contributed by atoms with Gasteiger partial charge in [-0.15, -0.1) is 0 Å². The number of phosphoric acid groups is 1. The van der Waals surface area contributed by atoms with Gasteiger partial charge < -0.3 is 18.9 Å². The van der Waals surface area contributed by atoms with Gasteiger partial charge >= 0.3 is 13.8 Å². The monoisotopic (exact) mass is 564 g/mol. The van der Waals surface area contributed by atoms with Crippen molar-refractivity contribution < 1.29 is 37.3 Å². The molecule has 0 aromatic rings. The molecule has 0 rings (SSSR count). The topological polar surface area (TPSA) is 91.3 Å². The van der Waals surface area contributed by atoms with Gasteiger partial charge in [0.1, 0.15) is 19.3 Å². The van der Waals surface area contributed by atoms with Crippen LogP contribution in [0.4, 0.5) is 0 Å². The minimum absolute atomic E-state index is 0.0736. The van der Waals surface area contributed by atoms with Gasteiger partial charge in [-0.3, -0.25) is 9.05 Å². The number of rotatable bonds is 28. The Morgan fingerprint density at radius 1 is 0.789 bits per heavy atom. The van der Waals surface area contributed by atoms with Crippen LogP contribution in [0.3, 0.4) is 0 Å². The quantitative estimate of drug-likeness (QED) is 0.0353. The van der Waals surface area contributed by atoms with Gasteiger partial charge in [0.05, 0.1) is 34.4 Å². The first-order valence-corrected chi connectivity index (χ1v) is 16.4. The third-order valence-electron chi connectivity index (χ3n) is 6.34. The fourth-order valence-electron chi connectivity index (χ4n) is 3.94. The Kier molecular flexibility index (Phi) is 23.6. The molecule has 8 nitrogen and oxygen atoms in total. The van der Waals surface area contributed by atoms with E-state index in [1.54, 1.807) is 0 Å². The second-order valence-electron chi connectivity index (χ2n) is 11.3. The number of nitrogens with zero attached hydrogens (tertiary/aromatic N) is 1. The maximum absolute atomic E-state index is 12.1. The van der Waals surface area contributed by atoms with Crippen molar-refractivity contribution in [2.24, 2.45) is 0 Å². The van der Waals surface area contributed by atoms with Crippen molar-refractivity contribution >= 4 is 13.8 Å². The Morgan fingerprint density at radius 2 is 1.26 bits per heavy atom. The van der Waals surface area contributed by atoms with Crippen molar-refractivity contribution in [2.75, 3.05) is 54.1 Å². The highest BCUT2D eigenvalue weighted by Crippen LogP contribution is 2.43. The van der Waals surface area contributed by atoms with E-state index >= 15 is 0 Å². The lowest BCUT2D eigenvalue weighted by atomic mass is 10.0. The third-order valence-corrected chi connectivity index (χ3v) is 7.32. The van der Waals surface area contributed by atoms with Crippen LogP contribution in [0, 0.1) is 0 Å². The number of likely N-dealkylation sites (N-methyl/N-ethyl adjacent to an activating group) is 1. The first-order chi connectivity index (χ1) is 18.1. The van der Waals surface area contributed by atoms with Gasteiger partial charge in [0.2, 0.25) is 0 Å². The molecule has 38 heavy (non-hydrogen) atoms. The average molecular weight is 565 g/mol. The Bertz CT molecular complexity index is 625. The molecule has 0 aliphatic rings. The summed E-state index contributed by atoms with van der Waals surface area (Å²) in [7, 11) is 1.61. The van der Waals surface area contributed by atoms with E-state index in [1.807, 2.05) is 21.1 Å². The molecule has 2 atom stereocenters. The summed E-state index contributed by atoms with van der Waals surface area (Å²) in [4.78, 5) is 21.5. The number of unbranched alkanes of at least 4 members (excludes halogenated alkanes) is 15. The number of hydrogen-bond donors (Lipinski definition) is 1. The first-order valence-electron chi connectivity index (χ1n) is 14.9. The molecule has 226 valence electrons. The van der Waals surface area contributed by atoms with Crippen LogP contribution in [-0.2, 0) is 27.9 Å². The number of carbonyl (C=O) groups excluding carboxylic acids is 1. The van der Waals surface area contributed by atoms with Crippen LogP contribution >= 0.6 is 7.82 Å². The smallest absolute Gasteiger partial charge is 0.454 e. The fraction of sp³-hybridized carbons (Fsp3) is 0.897. The van der Waals surface area contributed by atoms with Crippen LogP contribution in [0.15, 0.2) is 12.7 Å². The molecule has 0 fully saturated rings. The third kappa shape index (κ3) is 26.8. The number of carbonyl (C=O) groups is 1. The lowest BCUT2D eigenvalue weighted by molar-refractivity contribution is -0.870. The summed E-state index contributed by atoms with van der Waals surface area (Å²) in [5, 5.41) is 0. The maximum Gasteiger partial charge on any atom is 0.472 e. The summed E-state index contributed by atoms with van der Waals surface area (Å²) in [5.74, 6) is -0.636. The Labute approximate surface area is 233 Å². The predicted octanol–water partition coefficient (Wildman–Crippen LogP) is 7.20. The van der Waals surface area contributed by atoms with E-state index in [0.29, 0.717) is 17.6 Å². The lowest BCUT2D eigenvalue weighted by Crippen LogP contribution is -2.37. The molecule has 0 amide bonds. The lowest BCUT2D eigenvalue weighted by Gasteiger charge is -2.24. The summed E-state index contributed by atoms with van der Waals surface area (Å²) in [6.45, 7) is 6.60. The van der Waals surface area contributed by atoms with E-state index in [2.05, 4.69) is 13.5 Å². The molecule has 0 saturated carbocycles. The standard InChI is InChI=1S/C29H58NO7P/c1-6-8-9-10-11-12-13-14-15-16-17-18-19-20-21-22-24-34-26-28(37-29(31)7-2)27-36-38(32,33)35-25-23-30(3,4)5/h7,28H,2,6,8-27H2,1,3-5H3/p+1/t28-/m1/s1. The van der Waals surface area contributed by atoms with Crippen molar-refractivity contribution in [3.8, 4) is 0 Å². The fourth-order valence-corrected chi connectivity index (χ4v) is 4.68. The number of phosphoric ester groups is 1. The molecule has 1 unspecified atom stereocenters. The highest BCUT2D eigenvalue weighted by Gasteiger charge is 2.26. The molecule has 0 spiro atoms. The number of hydrogen-bond acceptors (Lipinski definition) is 6. The maximum atomic E-state index is 12.1. The van der Waals surface area contributed by atoms with E-state index in [-0.39, 0.29) is 19.8 Å². The van der Waals surface area contributed by atoms with E-state index in [4.69, 9.17) is 18.5 Å². The zero-order valence-corrected chi connectivity index (χ0v) is 25.9. The molecule has 0 heterocycles. The van der Waals surface area contributed by atoms with Crippen molar-refractivity contribution in [3.63, 3.8) is 0 Å². The largest absolute Gasteiger partial charge is 0.472 e. The van der Waals surface area contributed by atoms with Crippen LogP contribution in [0.5, 0.6) is 0 Å². The second-order valence-corrected chi connectivity index (χ2v) is 12.7. The number of quaternary nitrogens is 1. The number of ether oxygens (including phenoxy) is 2. The average Bonchev–Trinajstić information content (AvgIpc) is 2.85. The van der Waals surface area contributed by atoms with Crippen molar-refractivity contribution in [1.82, 2.24) is 0 Å². The SMILES string of the molecule is C=CC(=O)O[C@H](COCCCCCCCCCCCCCCCCCC)COP(=O)(O)OCC[N+](C)(C)C. The van der Waals surface area contributed by atoms with Gasteiger partial charge in [-0.2, -0.15) is 0 Å². The summed E-state index contributed by atoms with van der Waals surface area (Å²) in [6, 6.07) is 0. The molecule has 0 aliphatic carbocycles. The van der Waals surface area contributed by atoms with Gasteiger partial charge in [-0.25, -0.2) is 9.36 Å². The summed E-state index contributed by atoms with van der Waals surface area (Å²) >= 11 is 0. The van der Waals surface area contributed by atoms with Gasteiger partial charge in [0, 0.05) is 12.7 Å². The van der Waals surface area contributed by atoms with Crippen molar-refractivity contribution in [3.05, 3.63) is 12.7 Å². The molecule has 1 N–H and O–H groups in total. The molecule has 0 aromatic heterocycles. The van der Waals surface area contributed by atoms with E-state index in [1.165, 1.54) is 89.9 Å². The highest BCUT2D eigenvalue weighted by atomic mass is 31.2. The van der Waals surface area contributed by atoms with E-state index in [0.717, 1.165) is 18.9 Å². The minimum Gasteiger partial charge on any atom is -0.454 e. The summed E-state index contributed by atoms with van der Waals surface area (Å²) in [6.07, 6.45) is 21.2. The molecule has 9 heteroatoms. The van der Waals surface area contributed by atoms with Crippen LogP contribution in [0.1, 0.15) is 110 Å². The molecular weight excluding hydrogens is 505 g/mol. The zero-order valence-electron chi connectivity index (χ0n) is 25.0. The normalized spacial score (nSPS) is 14.2. The summed E-state index contributed by atoms with van der Waals surface area (Å²) in [5.41, 5.74) is 0. The van der Waals surface area contributed by atoms with Crippen LogP contribution < -0.4 is 0 Å². The molecule has 0 aliphatic heterocycles. The predicted molar refractivity (Wildman–Crippen MR) is 155 cm³/mol. The molecule has 0 radical (unpaired) electrons. The summed E-state index contributed by atoms with van der Waals surface area (Å²) < 4.78 is 33.6. The van der Waals surface area contributed by atoms with Gasteiger partial charge in [0.25, 0.3) is 0 Å². The van der Waals surface area contributed by atoms with E-state index in [9.17, 15) is 14.3 Å². The molecule has 0 bridgehead atoms. The minimum atomic E-state index is -4.25. The Morgan fingerprint density at radius 3 is 1.71 bits per heavy atom. The second kappa shape index (κ2) is 24.1. The molecular formula is C29H59NO7P+. The highest BCUT2D eigenvalue weighted by molar-refractivity contribution is 7.47. The van der Waals surface area contributed by atoms with Crippen LogP contribution in [0.2, 0.25) is 0 Å². The zero-order chi connectivity index (χ0) is 28.5. The van der Waals surface area contributed by atoms with Crippen molar-refractivity contribution in [1.29, 1.82) is 0 Å². The number of esters is 1. The Balaban J connectivity index is 3.81. The molecule has 0 saturated heterocycles. The Hall–Kier alpha value is -0.760. The van der Waals surface area contributed by atoms with Gasteiger partial charge in [-0.05, 0) is 6.42 Å². The van der Waals surface area contributed by atoms with Gasteiger partial charge in [-0.1, -0.05) is 110 Å². The first kappa shape index (κ1) is 37.2. The molecule has 0 aromatic carbocycles. The van der Waals surface area contributed by atoms with Crippen LogP contribution in [0.25, 0.3) is 0 Å².